The molecule has 2 aromatic heterocycles. The highest BCUT2D eigenvalue weighted by atomic mass is 19.1. The fraction of sp³-hybridized carbons (Fsp3) is 0.304. The third-order valence-electron chi connectivity index (χ3n) is 4.40. The minimum Gasteiger partial charge on any atom is -0.462 e. The molecule has 0 aliphatic rings. The molecule has 0 fully saturated rings. The summed E-state index contributed by atoms with van der Waals surface area (Å²) in [6, 6.07) is 3.46. The zero-order valence-corrected chi connectivity index (χ0v) is 18.4. The van der Waals surface area contributed by atoms with Crippen LogP contribution in [0, 0.1) is 17.5 Å². The number of ether oxygens (including phenoxy) is 2. The minimum absolute atomic E-state index is 0.0390. The van der Waals surface area contributed by atoms with Gasteiger partial charge in [0.1, 0.15) is 34.3 Å². The number of rotatable bonds is 5. The summed E-state index contributed by atoms with van der Waals surface area (Å²) in [5.74, 6) is -4.62. The summed E-state index contributed by atoms with van der Waals surface area (Å²) >= 11 is 0. The molecule has 0 spiro atoms. The minimum atomic E-state index is -1.02. The van der Waals surface area contributed by atoms with Crippen molar-refractivity contribution in [2.45, 2.75) is 39.7 Å². The molecule has 10 heteroatoms. The van der Waals surface area contributed by atoms with Crippen LogP contribution in [0.3, 0.4) is 0 Å². The van der Waals surface area contributed by atoms with E-state index in [2.05, 4.69) is 4.98 Å². The van der Waals surface area contributed by atoms with Crippen LogP contribution < -0.4 is 5.43 Å². The highest BCUT2D eigenvalue weighted by Gasteiger charge is 2.23. The maximum Gasteiger partial charge on any atom is 0.343 e. The van der Waals surface area contributed by atoms with Crippen LogP contribution in [0.15, 0.2) is 35.3 Å². The molecular formula is C23H21F3N2O5. The molecule has 0 bridgehead atoms. The number of benzene rings is 1. The number of hydrogen-bond acceptors (Lipinski definition) is 6. The highest BCUT2D eigenvalue weighted by Crippen LogP contribution is 2.22. The number of esters is 2. The fourth-order valence-corrected chi connectivity index (χ4v) is 3.11. The van der Waals surface area contributed by atoms with Crippen LogP contribution in [-0.2, 0) is 20.7 Å². The summed E-state index contributed by atoms with van der Waals surface area (Å²) in [7, 11) is 0. The van der Waals surface area contributed by atoms with Crippen molar-refractivity contribution < 1.29 is 32.2 Å². The number of nitrogens with zero attached hydrogens (tertiary/aromatic N) is 2. The SMILES string of the molecule is CCOC(=O)c1cn(-c2ccc(F)cc2F)c2nc(CC(=O)OC(C)(C)C)c(F)cc2c1=O. The van der Waals surface area contributed by atoms with Crippen molar-refractivity contribution in [1.82, 2.24) is 9.55 Å². The van der Waals surface area contributed by atoms with E-state index < -0.39 is 52.4 Å². The Morgan fingerprint density at radius 2 is 1.79 bits per heavy atom. The number of pyridine rings is 2. The second kappa shape index (κ2) is 9.05. The summed E-state index contributed by atoms with van der Waals surface area (Å²) in [6.45, 7) is 6.41. The molecule has 0 aliphatic carbocycles. The highest BCUT2D eigenvalue weighted by molar-refractivity contribution is 5.93. The van der Waals surface area contributed by atoms with Crippen LogP contribution in [0.1, 0.15) is 43.7 Å². The first kappa shape index (κ1) is 24.0. The van der Waals surface area contributed by atoms with E-state index in [-0.39, 0.29) is 29.0 Å². The second-order valence-corrected chi connectivity index (χ2v) is 8.11. The molecule has 7 nitrogen and oxygen atoms in total. The van der Waals surface area contributed by atoms with E-state index in [1.54, 1.807) is 20.8 Å². The van der Waals surface area contributed by atoms with Gasteiger partial charge < -0.3 is 9.47 Å². The van der Waals surface area contributed by atoms with E-state index in [0.717, 1.165) is 29.0 Å². The molecule has 0 N–H and O–H groups in total. The Morgan fingerprint density at radius 1 is 1.09 bits per heavy atom. The van der Waals surface area contributed by atoms with Gasteiger partial charge in [-0.1, -0.05) is 0 Å². The van der Waals surface area contributed by atoms with Crippen LogP contribution in [0.5, 0.6) is 0 Å². The summed E-state index contributed by atoms with van der Waals surface area (Å²) in [4.78, 5) is 41.4. The fourth-order valence-electron chi connectivity index (χ4n) is 3.11. The van der Waals surface area contributed by atoms with Crippen LogP contribution in [0.25, 0.3) is 16.7 Å². The number of carbonyl (C=O) groups excluding carboxylic acids is 2. The lowest BCUT2D eigenvalue weighted by Crippen LogP contribution is -2.26. The van der Waals surface area contributed by atoms with E-state index in [4.69, 9.17) is 9.47 Å². The monoisotopic (exact) mass is 462 g/mol. The molecule has 0 saturated carbocycles. The summed E-state index contributed by atoms with van der Waals surface area (Å²) in [6.07, 6.45) is 0.430. The third kappa shape index (κ3) is 5.21. The van der Waals surface area contributed by atoms with Crippen LogP contribution in [-0.4, -0.2) is 33.7 Å². The van der Waals surface area contributed by atoms with E-state index >= 15 is 0 Å². The molecule has 0 unspecified atom stereocenters. The van der Waals surface area contributed by atoms with Gasteiger partial charge in [-0.2, -0.15) is 0 Å². The zero-order chi connectivity index (χ0) is 24.5. The molecule has 0 atom stereocenters. The first-order valence-electron chi connectivity index (χ1n) is 10.0. The molecule has 33 heavy (non-hydrogen) atoms. The average Bonchev–Trinajstić information content (AvgIpc) is 2.69. The smallest absolute Gasteiger partial charge is 0.343 e. The summed E-state index contributed by atoms with van der Waals surface area (Å²) in [5.41, 5.74) is -3.05. The number of halogens is 3. The Balaban J connectivity index is 2.28. The van der Waals surface area contributed by atoms with Gasteiger partial charge in [-0.05, 0) is 45.9 Å². The summed E-state index contributed by atoms with van der Waals surface area (Å²) < 4.78 is 53.9. The topological polar surface area (TPSA) is 87.5 Å². The van der Waals surface area contributed by atoms with Gasteiger partial charge in [-0.15, -0.1) is 0 Å². The number of carbonyl (C=O) groups is 2. The Kier molecular flexibility index (Phi) is 6.57. The van der Waals surface area contributed by atoms with Crippen molar-refractivity contribution in [3.63, 3.8) is 0 Å². The molecule has 0 aliphatic heterocycles. The third-order valence-corrected chi connectivity index (χ3v) is 4.40. The predicted octanol–water partition coefficient (Wildman–Crippen LogP) is 3.86. The maximum atomic E-state index is 14.8. The van der Waals surface area contributed by atoms with Gasteiger partial charge in [0.05, 0.1) is 29.8 Å². The summed E-state index contributed by atoms with van der Waals surface area (Å²) in [5, 5.41) is -0.352. The Bertz CT molecular complexity index is 1310. The van der Waals surface area contributed by atoms with Gasteiger partial charge in [0, 0.05) is 12.3 Å². The largest absolute Gasteiger partial charge is 0.462 e. The molecule has 0 radical (unpaired) electrons. The van der Waals surface area contributed by atoms with Crippen molar-refractivity contribution in [3.05, 3.63) is 69.4 Å². The Hall–Kier alpha value is -3.69. The van der Waals surface area contributed by atoms with Crippen molar-refractivity contribution in [2.24, 2.45) is 0 Å². The van der Waals surface area contributed by atoms with Gasteiger partial charge in [-0.3, -0.25) is 14.2 Å². The lowest BCUT2D eigenvalue weighted by Gasteiger charge is -2.19. The van der Waals surface area contributed by atoms with Gasteiger partial charge in [-0.25, -0.2) is 22.9 Å². The molecule has 0 saturated heterocycles. The van der Waals surface area contributed by atoms with Crippen LogP contribution >= 0.6 is 0 Å². The lowest BCUT2D eigenvalue weighted by molar-refractivity contribution is -0.154. The van der Waals surface area contributed by atoms with Crippen molar-refractivity contribution in [2.75, 3.05) is 6.61 Å². The lowest BCUT2D eigenvalue weighted by atomic mass is 10.1. The molecule has 0 amide bonds. The van der Waals surface area contributed by atoms with Crippen molar-refractivity contribution >= 4 is 23.0 Å². The Morgan fingerprint density at radius 3 is 2.39 bits per heavy atom. The van der Waals surface area contributed by atoms with E-state index in [9.17, 15) is 27.6 Å². The van der Waals surface area contributed by atoms with Crippen molar-refractivity contribution in [1.29, 1.82) is 0 Å². The molecule has 2 heterocycles. The molecule has 1 aromatic carbocycles. The van der Waals surface area contributed by atoms with Gasteiger partial charge in [0.25, 0.3) is 0 Å². The Labute approximate surface area is 186 Å². The molecular weight excluding hydrogens is 441 g/mol. The van der Waals surface area contributed by atoms with E-state index in [0.29, 0.717) is 6.07 Å². The predicted molar refractivity (Wildman–Crippen MR) is 113 cm³/mol. The molecule has 3 rings (SSSR count). The zero-order valence-electron chi connectivity index (χ0n) is 18.4. The normalized spacial score (nSPS) is 11.5. The number of hydrogen-bond donors (Lipinski definition) is 0. The van der Waals surface area contributed by atoms with Gasteiger partial charge in [0.15, 0.2) is 0 Å². The van der Waals surface area contributed by atoms with Gasteiger partial charge in [0.2, 0.25) is 5.43 Å². The average molecular weight is 462 g/mol. The molecule has 174 valence electrons. The standard InChI is InChI=1S/C23H21F3N2O5/c1-5-32-22(31)14-11-28(18-7-6-12(24)8-16(18)26)21-13(20(14)30)9-15(25)17(27-21)10-19(29)33-23(2,3)4/h6-9,11H,5,10H2,1-4H3. The van der Waals surface area contributed by atoms with Crippen LogP contribution in [0.4, 0.5) is 13.2 Å². The number of fused-ring (bicyclic) bond motifs is 1. The van der Waals surface area contributed by atoms with Crippen molar-refractivity contribution in [3.8, 4) is 5.69 Å². The van der Waals surface area contributed by atoms with E-state index in [1.807, 2.05) is 0 Å². The maximum absolute atomic E-state index is 14.8. The van der Waals surface area contributed by atoms with E-state index in [1.165, 1.54) is 6.92 Å². The van der Waals surface area contributed by atoms with Crippen LogP contribution in [0.2, 0.25) is 0 Å². The van der Waals surface area contributed by atoms with Gasteiger partial charge >= 0.3 is 11.9 Å². The number of aromatic nitrogens is 2. The second-order valence-electron chi connectivity index (χ2n) is 8.11. The molecule has 3 aromatic rings. The quantitative estimate of drug-likeness (QED) is 0.535. The first-order chi connectivity index (χ1) is 15.4. The first-order valence-corrected chi connectivity index (χ1v) is 10.0.